The van der Waals surface area contributed by atoms with Crippen LogP contribution >= 0.6 is 0 Å². The van der Waals surface area contributed by atoms with Gasteiger partial charge in [-0.25, -0.2) is 12.8 Å². The van der Waals surface area contributed by atoms with Gasteiger partial charge in [-0.3, -0.25) is 9.59 Å². The zero-order chi connectivity index (χ0) is 21.3. The van der Waals surface area contributed by atoms with Crippen LogP contribution in [-0.2, 0) is 19.6 Å². The van der Waals surface area contributed by atoms with Gasteiger partial charge >= 0.3 is 0 Å². The molecule has 2 fully saturated rings. The molecule has 1 N–H and O–H groups in total. The average molecular weight is 431 g/mol. The fraction of sp³-hybridized carbons (Fsp3) is 0.333. The third-order valence-electron chi connectivity index (χ3n) is 5.43. The molecular weight excluding hydrogens is 409 g/mol. The maximum absolute atomic E-state index is 13.2. The number of benzene rings is 2. The number of amides is 2. The van der Waals surface area contributed by atoms with Crippen LogP contribution in [0.5, 0.6) is 0 Å². The standard InChI is InChI=1S/C21H22FN3O4S/c22-15-8-10-18(11-9-15)30(28,29)25-13-2-6-19(25)21(27)23-16-4-1-5-17(14-16)24-12-3-7-20(24)26/h1,4-5,8-11,14,19H,2-3,6-7,12-13H2,(H,23,27)/t19-/m0/s1. The van der Waals surface area contributed by atoms with Crippen LogP contribution < -0.4 is 10.2 Å². The van der Waals surface area contributed by atoms with E-state index in [1.54, 1.807) is 29.2 Å². The summed E-state index contributed by atoms with van der Waals surface area (Å²) in [6.07, 6.45) is 2.26. The summed E-state index contributed by atoms with van der Waals surface area (Å²) >= 11 is 0. The second-order valence-corrected chi connectivity index (χ2v) is 9.31. The van der Waals surface area contributed by atoms with E-state index in [0.29, 0.717) is 37.2 Å². The third-order valence-corrected chi connectivity index (χ3v) is 7.35. The van der Waals surface area contributed by atoms with Crippen LogP contribution in [-0.4, -0.2) is 43.7 Å². The molecule has 1 atom stereocenters. The Balaban J connectivity index is 1.52. The van der Waals surface area contributed by atoms with Crippen LogP contribution in [0.25, 0.3) is 0 Å². The van der Waals surface area contributed by atoms with E-state index in [9.17, 15) is 22.4 Å². The number of anilines is 2. The molecule has 2 aromatic rings. The molecule has 0 unspecified atom stereocenters. The number of hydrogen-bond acceptors (Lipinski definition) is 4. The van der Waals surface area contributed by atoms with E-state index in [-0.39, 0.29) is 17.3 Å². The topological polar surface area (TPSA) is 86.8 Å². The number of nitrogens with zero attached hydrogens (tertiary/aromatic N) is 2. The van der Waals surface area contributed by atoms with E-state index in [1.807, 2.05) is 0 Å². The first-order chi connectivity index (χ1) is 14.4. The Morgan fingerprint density at radius 2 is 1.83 bits per heavy atom. The van der Waals surface area contributed by atoms with E-state index < -0.39 is 27.8 Å². The summed E-state index contributed by atoms with van der Waals surface area (Å²) < 4.78 is 40.3. The van der Waals surface area contributed by atoms with Crippen molar-refractivity contribution in [1.82, 2.24) is 4.31 Å². The minimum absolute atomic E-state index is 0.0434. The zero-order valence-electron chi connectivity index (χ0n) is 16.3. The van der Waals surface area contributed by atoms with Crippen LogP contribution in [0.2, 0.25) is 0 Å². The van der Waals surface area contributed by atoms with Gasteiger partial charge in [-0.2, -0.15) is 4.31 Å². The van der Waals surface area contributed by atoms with Crippen molar-refractivity contribution in [2.24, 2.45) is 0 Å². The predicted molar refractivity (Wildman–Crippen MR) is 110 cm³/mol. The molecule has 158 valence electrons. The number of halogens is 1. The molecule has 0 radical (unpaired) electrons. The monoisotopic (exact) mass is 431 g/mol. The molecule has 0 aliphatic carbocycles. The van der Waals surface area contributed by atoms with E-state index in [4.69, 9.17) is 0 Å². The van der Waals surface area contributed by atoms with E-state index >= 15 is 0 Å². The smallest absolute Gasteiger partial charge is 0.243 e. The summed E-state index contributed by atoms with van der Waals surface area (Å²) in [6.45, 7) is 0.864. The number of hydrogen-bond donors (Lipinski definition) is 1. The van der Waals surface area contributed by atoms with Gasteiger partial charge in [0.15, 0.2) is 0 Å². The fourth-order valence-electron chi connectivity index (χ4n) is 3.93. The lowest BCUT2D eigenvalue weighted by atomic mass is 10.2. The van der Waals surface area contributed by atoms with Crippen LogP contribution in [0, 0.1) is 5.82 Å². The minimum Gasteiger partial charge on any atom is -0.325 e. The predicted octanol–water partition coefficient (Wildman–Crippen LogP) is 2.74. The Hall–Kier alpha value is -2.78. The molecule has 0 spiro atoms. The fourth-order valence-corrected chi connectivity index (χ4v) is 5.59. The maximum atomic E-state index is 13.2. The molecule has 0 bridgehead atoms. The van der Waals surface area contributed by atoms with Crippen molar-refractivity contribution in [3.63, 3.8) is 0 Å². The number of carbonyl (C=O) groups excluding carboxylic acids is 2. The van der Waals surface area contributed by atoms with Gasteiger partial charge in [0.2, 0.25) is 21.8 Å². The molecule has 2 heterocycles. The quantitative estimate of drug-likeness (QED) is 0.789. The molecule has 30 heavy (non-hydrogen) atoms. The van der Waals surface area contributed by atoms with Crippen LogP contribution in [0.15, 0.2) is 53.4 Å². The van der Waals surface area contributed by atoms with Crippen molar-refractivity contribution < 1.29 is 22.4 Å². The molecule has 0 saturated carbocycles. The van der Waals surface area contributed by atoms with Gasteiger partial charge in [-0.05, 0) is 61.7 Å². The average Bonchev–Trinajstić information content (AvgIpc) is 3.38. The lowest BCUT2D eigenvalue weighted by Gasteiger charge is -2.24. The molecule has 4 rings (SSSR count). The zero-order valence-corrected chi connectivity index (χ0v) is 17.1. The third kappa shape index (κ3) is 3.95. The summed E-state index contributed by atoms with van der Waals surface area (Å²) in [5, 5.41) is 2.78. The van der Waals surface area contributed by atoms with E-state index in [2.05, 4.69) is 5.32 Å². The summed E-state index contributed by atoms with van der Waals surface area (Å²) in [7, 11) is -3.92. The lowest BCUT2D eigenvalue weighted by molar-refractivity contribution is -0.119. The summed E-state index contributed by atoms with van der Waals surface area (Å²) in [5.74, 6) is -0.907. The van der Waals surface area contributed by atoms with Gasteiger partial charge in [0.25, 0.3) is 0 Å². The lowest BCUT2D eigenvalue weighted by Crippen LogP contribution is -2.43. The van der Waals surface area contributed by atoms with E-state index in [1.165, 1.54) is 16.4 Å². The van der Waals surface area contributed by atoms with Gasteiger partial charge in [0.05, 0.1) is 4.90 Å². The van der Waals surface area contributed by atoms with Crippen molar-refractivity contribution in [2.75, 3.05) is 23.3 Å². The van der Waals surface area contributed by atoms with Crippen molar-refractivity contribution in [3.8, 4) is 0 Å². The number of rotatable bonds is 5. The second kappa shape index (κ2) is 8.16. The highest BCUT2D eigenvalue weighted by atomic mass is 32.2. The van der Waals surface area contributed by atoms with Gasteiger partial charge in [0, 0.05) is 30.9 Å². The number of carbonyl (C=O) groups is 2. The number of nitrogens with one attached hydrogen (secondary N) is 1. The van der Waals surface area contributed by atoms with Gasteiger partial charge in [-0.1, -0.05) is 6.07 Å². The Morgan fingerprint density at radius 3 is 2.53 bits per heavy atom. The Labute approximate surface area is 174 Å². The van der Waals surface area contributed by atoms with Crippen molar-refractivity contribution in [1.29, 1.82) is 0 Å². The van der Waals surface area contributed by atoms with Gasteiger partial charge < -0.3 is 10.2 Å². The normalized spacial score (nSPS) is 20.0. The molecular formula is C21H22FN3O4S. The largest absolute Gasteiger partial charge is 0.325 e. The van der Waals surface area contributed by atoms with Crippen LogP contribution in [0.1, 0.15) is 25.7 Å². The Morgan fingerprint density at radius 1 is 1.07 bits per heavy atom. The van der Waals surface area contributed by atoms with Crippen molar-refractivity contribution >= 4 is 33.2 Å². The molecule has 2 aromatic carbocycles. The molecule has 2 aliphatic heterocycles. The molecule has 2 amide bonds. The molecule has 7 nitrogen and oxygen atoms in total. The molecule has 0 aromatic heterocycles. The summed E-state index contributed by atoms with van der Waals surface area (Å²) in [6, 6.07) is 10.7. The van der Waals surface area contributed by atoms with Crippen LogP contribution in [0.3, 0.4) is 0 Å². The van der Waals surface area contributed by atoms with E-state index in [0.717, 1.165) is 18.6 Å². The first kappa shape index (κ1) is 20.5. The molecule has 9 heteroatoms. The van der Waals surface area contributed by atoms with Crippen LogP contribution in [0.4, 0.5) is 15.8 Å². The minimum atomic E-state index is -3.92. The molecule has 2 saturated heterocycles. The van der Waals surface area contributed by atoms with Crippen molar-refractivity contribution in [2.45, 2.75) is 36.6 Å². The highest BCUT2D eigenvalue weighted by molar-refractivity contribution is 7.89. The van der Waals surface area contributed by atoms with Crippen molar-refractivity contribution in [3.05, 3.63) is 54.3 Å². The van der Waals surface area contributed by atoms with Gasteiger partial charge in [0.1, 0.15) is 11.9 Å². The summed E-state index contributed by atoms with van der Waals surface area (Å²) in [5.41, 5.74) is 1.21. The highest BCUT2D eigenvalue weighted by Crippen LogP contribution is 2.28. The van der Waals surface area contributed by atoms with Gasteiger partial charge in [-0.15, -0.1) is 0 Å². The summed E-state index contributed by atoms with van der Waals surface area (Å²) in [4.78, 5) is 26.5. The second-order valence-electron chi connectivity index (χ2n) is 7.42. The Bertz CT molecular complexity index is 1070. The first-order valence-corrected chi connectivity index (χ1v) is 11.3. The maximum Gasteiger partial charge on any atom is 0.243 e. The number of sulfonamides is 1. The first-order valence-electron chi connectivity index (χ1n) is 9.85. The SMILES string of the molecule is O=C(Nc1cccc(N2CCCC2=O)c1)[C@@H]1CCCN1S(=O)(=O)c1ccc(F)cc1. The highest BCUT2D eigenvalue weighted by Gasteiger charge is 2.39. The molecule has 2 aliphatic rings. The Kier molecular flexibility index (Phi) is 5.57.